The van der Waals surface area contributed by atoms with Gasteiger partial charge in [-0.15, -0.1) is 0 Å². The highest BCUT2D eigenvalue weighted by Gasteiger charge is 2.27. The van der Waals surface area contributed by atoms with Crippen molar-refractivity contribution in [3.05, 3.63) is 27.4 Å². The molecule has 0 saturated carbocycles. The smallest absolute Gasteiger partial charge is 0.345 e. The van der Waals surface area contributed by atoms with Crippen LogP contribution in [0, 0.1) is 17.0 Å². The molecule has 0 aliphatic rings. The molecule has 9 nitrogen and oxygen atoms in total. The number of aliphatic carboxylic acids is 1. The molecule has 0 aliphatic heterocycles. The largest absolute Gasteiger partial charge is 0.481 e. The normalized spacial score (nSPS) is 9.90. The second kappa shape index (κ2) is 6.45. The van der Waals surface area contributed by atoms with Gasteiger partial charge in [-0.1, -0.05) is 0 Å². The first-order valence-corrected chi connectivity index (χ1v) is 5.56. The van der Waals surface area contributed by atoms with E-state index < -0.39 is 22.5 Å². The zero-order chi connectivity index (χ0) is 15.3. The Bertz CT molecular complexity index is 557. The Labute approximate surface area is 113 Å². The molecule has 0 fully saturated rings. The van der Waals surface area contributed by atoms with E-state index in [1.54, 1.807) is 6.92 Å². The maximum atomic E-state index is 11.5. The Kier molecular flexibility index (Phi) is 4.95. The fourth-order valence-electron chi connectivity index (χ4n) is 1.53. The molecule has 0 saturated heterocycles. The molecule has 0 aromatic carbocycles. The van der Waals surface area contributed by atoms with Gasteiger partial charge in [-0.05, 0) is 13.0 Å². The molecule has 0 radical (unpaired) electrons. The molecule has 0 bridgehead atoms. The molecule has 9 heteroatoms. The predicted octanol–water partition coefficient (Wildman–Crippen LogP) is 0.971. The molecule has 0 amide bonds. The lowest BCUT2D eigenvalue weighted by Gasteiger charge is -2.09. The summed E-state index contributed by atoms with van der Waals surface area (Å²) in [6.45, 7) is 1.51. The number of pyridine rings is 1. The number of rotatable bonds is 6. The number of aryl methyl sites for hydroxylation is 1. The minimum Gasteiger partial charge on any atom is -0.481 e. The van der Waals surface area contributed by atoms with Gasteiger partial charge in [0.15, 0.2) is 0 Å². The van der Waals surface area contributed by atoms with Crippen LogP contribution in [0.25, 0.3) is 0 Å². The van der Waals surface area contributed by atoms with Gasteiger partial charge in [-0.3, -0.25) is 14.9 Å². The molecule has 20 heavy (non-hydrogen) atoms. The van der Waals surface area contributed by atoms with E-state index in [1.807, 2.05) is 0 Å². The molecule has 1 aromatic heterocycles. The summed E-state index contributed by atoms with van der Waals surface area (Å²) in [6.07, 6.45) is -0.236. The van der Waals surface area contributed by atoms with E-state index in [0.717, 1.165) is 7.11 Å². The fourth-order valence-corrected chi connectivity index (χ4v) is 1.53. The van der Waals surface area contributed by atoms with Gasteiger partial charge in [0, 0.05) is 12.2 Å². The number of carboxylic acid groups (broad SMARTS) is 1. The molecule has 0 unspecified atom stereocenters. The highest BCUT2D eigenvalue weighted by atomic mass is 16.6. The van der Waals surface area contributed by atoms with Gasteiger partial charge in [-0.2, -0.15) is 0 Å². The van der Waals surface area contributed by atoms with E-state index in [-0.39, 0.29) is 24.3 Å². The standard InChI is InChI=1S/C11H13N3O6/c1-6-5-7(11(17)20-2)9(14(18)19)10(13-6)12-4-3-8(15)16/h5H,3-4H2,1-2H3,(H,12,13)(H,15,16). The van der Waals surface area contributed by atoms with Crippen LogP contribution in [0.1, 0.15) is 22.5 Å². The van der Waals surface area contributed by atoms with Crippen LogP contribution >= 0.6 is 0 Å². The monoisotopic (exact) mass is 283 g/mol. The lowest BCUT2D eigenvalue weighted by molar-refractivity contribution is -0.384. The van der Waals surface area contributed by atoms with Crippen molar-refractivity contribution in [1.29, 1.82) is 0 Å². The number of esters is 1. The average molecular weight is 283 g/mol. The zero-order valence-corrected chi connectivity index (χ0v) is 10.9. The van der Waals surface area contributed by atoms with Crippen LogP contribution < -0.4 is 5.32 Å². The maximum absolute atomic E-state index is 11.5. The van der Waals surface area contributed by atoms with Crippen LogP contribution in [-0.2, 0) is 9.53 Å². The number of nitro groups is 1. The van der Waals surface area contributed by atoms with Gasteiger partial charge < -0.3 is 15.2 Å². The second-order valence-electron chi connectivity index (χ2n) is 3.83. The number of carbonyl (C=O) groups is 2. The van der Waals surface area contributed by atoms with Crippen molar-refractivity contribution in [2.75, 3.05) is 19.0 Å². The number of carbonyl (C=O) groups excluding carboxylic acids is 1. The van der Waals surface area contributed by atoms with Crippen molar-refractivity contribution in [3.8, 4) is 0 Å². The van der Waals surface area contributed by atoms with Gasteiger partial charge in [0.1, 0.15) is 5.56 Å². The lowest BCUT2D eigenvalue weighted by Crippen LogP contribution is -2.14. The number of nitrogens with one attached hydrogen (secondary N) is 1. The average Bonchev–Trinajstić information content (AvgIpc) is 2.36. The summed E-state index contributed by atoms with van der Waals surface area (Å²) in [6, 6.07) is 1.24. The van der Waals surface area contributed by atoms with Crippen LogP contribution in [0.5, 0.6) is 0 Å². The minimum absolute atomic E-state index is 0.0484. The molecular weight excluding hydrogens is 270 g/mol. The topological polar surface area (TPSA) is 132 Å². The number of nitrogens with zero attached hydrogens (tertiary/aromatic N) is 2. The van der Waals surface area contributed by atoms with Crippen molar-refractivity contribution in [1.82, 2.24) is 4.98 Å². The van der Waals surface area contributed by atoms with E-state index in [9.17, 15) is 19.7 Å². The van der Waals surface area contributed by atoms with Crippen LogP contribution in [-0.4, -0.2) is 40.6 Å². The summed E-state index contributed by atoms with van der Waals surface area (Å²) in [5.74, 6) is -2.07. The fraction of sp³-hybridized carbons (Fsp3) is 0.364. The minimum atomic E-state index is -1.05. The van der Waals surface area contributed by atoms with Gasteiger partial charge in [0.05, 0.1) is 18.5 Å². The lowest BCUT2D eigenvalue weighted by atomic mass is 10.2. The zero-order valence-electron chi connectivity index (χ0n) is 10.9. The molecule has 1 rings (SSSR count). The number of anilines is 1. The van der Waals surface area contributed by atoms with Gasteiger partial charge in [0.2, 0.25) is 5.82 Å². The highest BCUT2D eigenvalue weighted by molar-refractivity contribution is 5.96. The Morgan fingerprint density at radius 2 is 2.20 bits per heavy atom. The van der Waals surface area contributed by atoms with Crippen molar-refractivity contribution in [3.63, 3.8) is 0 Å². The van der Waals surface area contributed by atoms with Crippen molar-refractivity contribution >= 4 is 23.4 Å². The SMILES string of the molecule is COC(=O)c1cc(C)nc(NCCC(=O)O)c1[N+](=O)[O-]. The van der Waals surface area contributed by atoms with Crippen LogP contribution in [0.4, 0.5) is 11.5 Å². The molecular formula is C11H13N3O6. The second-order valence-corrected chi connectivity index (χ2v) is 3.83. The number of hydrogen-bond acceptors (Lipinski definition) is 7. The summed E-state index contributed by atoms with van der Waals surface area (Å²) in [7, 11) is 1.11. The Morgan fingerprint density at radius 1 is 1.55 bits per heavy atom. The quantitative estimate of drug-likeness (QED) is 0.448. The number of carboxylic acids is 1. The maximum Gasteiger partial charge on any atom is 0.345 e. The van der Waals surface area contributed by atoms with Crippen molar-refractivity contribution in [2.24, 2.45) is 0 Å². The van der Waals surface area contributed by atoms with Crippen LogP contribution in [0.15, 0.2) is 6.07 Å². The molecule has 0 aliphatic carbocycles. The van der Waals surface area contributed by atoms with Crippen LogP contribution in [0.3, 0.4) is 0 Å². The molecule has 108 valence electrons. The third-order valence-electron chi connectivity index (χ3n) is 2.34. The first-order chi connectivity index (χ1) is 9.36. The summed E-state index contributed by atoms with van der Waals surface area (Å²) in [4.78, 5) is 36.2. The third kappa shape index (κ3) is 3.64. The third-order valence-corrected chi connectivity index (χ3v) is 2.34. The van der Waals surface area contributed by atoms with Gasteiger partial charge in [-0.25, -0.2) is 9.78 Å². The highest BCUT2D eigenvalue weighted by Crippen LogP contribution is 2.28. The van der Waals surface area contributed by atoms with Crippen LogP contribution in [0.2, 0.25) is 0 Å². The summed E-state index contributed by atoms with van der Waals surface area (Å²) in [5.41, 5.74) is -0.399. The van der Waals surface area contributed by atoms with Crippen molar-refractivity contribution in [2.45, 2.75) is 13.3 Å². The van der Waals surface area contributed by atoms with Crippen molar-refractivity contribution < 1.29 is 24.4 Å². The first kappa shape index (κ1) is 15.3. The summed E-state index contributed by atoms with van der Waals surface area (Å²) in [5, 5.41) is 22.2. The van der Waals surface area contributed by atoms with E-state index in [0.29, 0.717) is 5.69 Å². The number of methoxy groups -OCH3 is 1. The predicted molar refractivity (Wildman–Crippen MR) is 67.7 cm³/mol. The van der Waals surface area contributed by atoms with Gasteiger partial charge in [0.25, 0.3) is 0 Å². The van der Waals surface area contributed by atoms with Gasteiger partial charge >= 0.3 is 17.6 Å². The Hall–Kier alpha value is -2.71. The summed E-state index contributed by atoms with van der Waals surface area (Å²) < 4.78 is 4.49. The summed E-state index contributed by atoms with van der Waals surface area (Å²) >= 11 is 0. The molecule has 1 heterocycles. The number of hydrogen-bond donors (Lipinski definition) is 2. The first-order valence-electron chi connectivity index (χ1n) is 5.56. The Balaban J connectivity index is 3.20. The van der Waals surface area contributed by atoms with E-state index >= 15 is 0 Å². The number of ether oxygens (including phenoxy) is 1. The molecule has 1 aromatic rings. The Morgan fingerprint density at radius 3 is 2.70 bits per heavy atom. The van der Waals surface area contributed by atoms with E-state index in [4.69, 9.17) is 5.11 Å². The molecule has 2 N–H and O–H groups in total. The number of aromatic nitrogens is 1. The molecule has 0 atom stereocenters. The molecule has 0 spiro atoms. The van der Waals surface area contributed by atoms with E-state index in [1.165, 1.54) is 6.07 Å². The van der Waals surface area contributed by atoms with E-state index in [2.05, 4.69) is 15.0 Å².